The molecule has 0 bridgehead atoms. The second-order valence-corrected chi connectivity index (χ2v) is 9.13. The largest absolute Gasteiger partial charge is 0.368 e. The van der Waals surface area contributed by atoms with Gasteiger partial charge in [0.2, 0.25) is 5.91 Å². The Hall–Kier alpha value is -3.07. The number of aromatic nitrogens is 1. The maximum atomic E-state index is 12.3. The summed E-state index contributed by atoms with van der Waals surface area (Å²) in [6.07, 6.45) is 2.46. The first-order valence-corrected chi connectivity index (χ1v) is 11.6. The van der Waals surface area contributed by atoms with Crippen molar-refractivity contribution in [2.24, 2.45) is 5.73 Å². The minimum absolute atomic E-state index is 0.350. The lowest BCUT2D eigenvalue weighted by Gasteiger charge is -2.36. The molecular weight excluding hydrogens is 420 g/mol. The Kier molecular flexibility index (Phi) is 7.74. The number of anilines is 1. The number of piperidine rings is 1. The molecule has 1 aliphatic heterocycles. The van der Waals surface area contributed by atoms with Crippen LogP contribution in [0.4, 0.5) is 5.82 Å². The van der Waals surface area contributed by atoms with E-state index in [1.54, 1.807) is 0 Å². The number of carbonyl (C=O) groups is 1. The number of thioether (sulfide) groups is 1. The van der Waals surface area contributed by atoms with E-state index in [1.165, 1.54) is 11.8 Å². The van der Waals surface area contributed by atoms with Crippen LogP contribution in [0.1, 0.15) is 47.3 Å². The third kappa shape index (κ3) is 4.88. The fourth-order valence-corrected chi connectivity index (χ4v) is 5.18. The van der Waals surface area contributed by atoms with Gasteiger partial charge in [0.15, 0.2) is 0 Å². The molecule has 1 aromatic heterocycles. The normalized spacial score (nSPS) is 15.2. The van der Waals surface area contributed by atoms with Crippen molar-refractivity contribution in [2.45, 2.75) is 42.5 Å². The Balaban J connectivity index is 2.06. The number of primary amides is 1. The van der Waals surface area contributed by atoms with Crippen molar-refractivity contribution >= 4 is 23.5 Å². The van der Waals surface area contributed by atoms with Crippen molar-refractivity contribution in [3.8, 4) is 12.1 Å². The highest BCUT2D eigenvalue weighted by atomic mass is 32.2. The highest BCUT2D eigenvalue weighted by Gasteiger charge is 2.29. The van der Waals surface area contributed by atoms with Crippen LogP contribution in [-0.4, -0.2) is 49.0 Å². The molecule has 0 spiro atoms. The molecule has 0 radical (unpaired) electrons. The number of hydrogen-bond acceptors (Lipinski definition) is 7. The lowest BCUT2D eigenvalue weighted by Crippen LogP contribution is -2.42. The van der Waals surface area contributed by atoms with E-state index in [0.29, 0.717) is 40.0 Å². The van der Waals surface area contributed by atoms with Gasteiger partial charge in [-0.1, -0.05) is 49.0 Å². The first-order valence-electron chi connectivity index (χ1n) is 10.7. The molecular formula is C24H28N6OS. The lowest BCUT2D eigenvalue weighted by atomic mass is 9.99. The Morgan fingerprint density at radius 2 is 1.84 bits per heavy atom. The van der Waals surface area contributed by atoms with Crippen molar-refractivity contribution in [1.29, 1.82) is 10.5 Å². The molecule has 1 amide bonds. The topological polar surface area (TPSA) is 110 Å². The van der Waals surface area contributed by atoms with Gasteiger partial charge in [-0.2, -0.15) is 10.5 Å². The standard InChI is InChI=1S/C24H28N6OS/c1-4-18-19(14-25)23(30-12-10-17(11-13-30)29(2)3)28-24(20(18)15-26)32-21(22(27)31)16-8-6-5-7-9-16/h5-9,17,21H,4,10-13H2,1-3H3,(H2,27,31)/t21-/m1/s1. The summed E-state index contributed by atoms with van der Waals surface area (Å²) in [6.45, 7) is 3.49. The van der Waals surface area contributed by atoms with Crippen LogP contribution >= 0.6 is 11.8 Å². The molecule has 0 unspecified atom stereocenters. The van der Waals surface area contributed by atoms with Gasteiger partial charge in [-0.25, -0.2) is 4.98 Å². The fourth-order valence-electron chi connectivity index (χ4n) is 4.12. The zero-order chi connectivity index (χ0) is 23.3. The van der Waals surface area contributed by atoms with Gasteiger partial charge in [0, 0.05) is 19.1 Å². The molecule has 2 aromatic rings. The molecule has 2 heterocycles. The molecule has 1 aliphatic rings. The smallest absolute Gasteiger partial charge is 0.235 e. The van der Waals surface area contributed by atoms with Gasteiger partial charge in [-0.3, -0.25) is 4.79 Å². The zero-order valence-corrected chi connectivity index (χ0v) is 19.5. The van der Waals surface area contributed by atoms with E-state index >= 15 is 0 Å². The predicted octanol–water partition coefficient (Wildman–Crippen LogP) is 3.24. The van der Waals surface area contributed by atoms with Crippen LogP contribution in [0.15, 0.2) is 35.4 Å². The van der Waals surface area contributed by atoms with Gasteiger partial charge in [0.1, 0.15) is 28.2 Å². The number of benzene rings is 1. The number of nitrogens with two attached hydrogens (primary N) is 1. The van der Waals surface area contributed by atoms with Gasteiger partial charge in [-0.15, -0.1) is 0 Å². The van der Waals surface area contributed by atoms with Gasteiger partial charge < -0.3 is 15.5 Å². The van der Waals surface area contributed by atoms with Crippen molar-refractivity contribution in [3.63, 3.8) is 0 Å². The number of hydrogen-bond donors (Lipinski definition) is 1. The second-order valence-electron chi connectivity index (χ2n) is 8.04. The van der Waals surface area contributed by atoms with E-state index in [-0.39, 0.29) is 0 Å². The SMILES string of the molecule is CCc1c(C#N)c(S[C@@H](C(N)=O)c2ccccc2)nc(N2CCC(N(C)C)CC2)c1C#N. The van der Waals surface area contributed by atoms with E-state index in [9.17, 15) is 15.3 Å². The van der Waals surface area contributed by atoms with Crippen molar-refractivity contribution < 1.29 is 4.79 Å². The zero-order valence-electron chi connectivity index (χ0n) is 18.7. The summed E-state index contributed by atoms with van der Waals surface area (Å²) < 4.78 is 0. The number of amides is 1. The molecule has 8 heteroatoms. The Labute approximate surface area is 193 Å². The fraction of sp³-hybridized carbons (Fsp3) is 0.417. The average Bonchev–Trinajstić information content (AvgIpc) is 2.81. The molecule has 7 nitrogen and oxygen atoms in total. The Bertz CT molecular complexity index is 1050. The first-order chi connectivity index (χ1) is 15.4. The van der Waals surface area contributed by atoms with E-state index in [0.717, 1.165) is 31.5 Å². The molecule has 1 fully saturated rings. The van der Waals surface area contributed by atoms with E-state index < -0.39 is 11.2 Å². The van der Waals surface area contributed by atoms with Crippen LogP contribution < -0.4 is 10.6 Å². The quantitative estimate of drug-likeness (QED) is 0.647. The number of rotatable bonds is 7. The summed E-state index contributed by atoms with van der Waals surface area (Å²) in [5.41, 5.74) is 7.95. The number of pyridine rings is 1. The summed E-state index contributed by atoms with van der Waals surface area (Å²) in [6, 6.07) is 14.3. The van der Waals surface area contributed by atoms with Gasteiger partial charge in [0.25, 0.3) is 0 Å². The van der Waals surface area contributed by atoms with Crippen LogP contribution in [0.2, 0.25) is 0 Å². The second kappa shape index (κ2) is 10.5. The van der Waals surface area contributed by atoms with E-state index in [1.807, 2.05) is 37.3 Å². The predicted molar refractivity (Wildman–Crippen MR) is 126 cm³/mol. The van der Waals surface area contributed by atoms with Crippen molar-refractivity contribution in [2.75, 3.05) is 32.1 Å². The van der Waals surface area contributed by atoms with Crippen LogP contribution in [0.5, 0.6) is 0 Å². The summed E-state index contributed by atoms with van der Waals surface area (Å²) in [7, 11) is 4.16. The van der Waals surface area contributed by atoms with Gasteiger partial charge >= 0.3 is 0 Å². The monoisotopic (exact) mass is 448 g/mol. The van der Waals surface area contributed by atoms with Crippen LogP contribution in [0, 0.1) is 22.7 Å². The van der Waals surface area contributed by atoms with E-state index in [2.05, 4.69) is 36.0 Å². The van der Waals surface area contributed by atoms with Crippen LogP contribution in [-0.2, 0) is 11.2 Å². The van der Waals surface area contributed by atoms with Crippen molar-refractivity contribution in [1.82, 2.24) is 9.88 Å². The highest BCUT2D eigenvalue weighted by Crippen LogP contribution is 2.40. The summed E-state index contributed by atoms with van der Waals surface area (Å²) in [5.74, 6) is 0.0991. The molecule has 3 rings (SSSR count). The summed E-state index contributed by atoms with van der Waals surface area (Å²) in [5, 5.41) is 19.6. The maximum absolute atomic E-state index is 12.3. The highest BCUT2D eigenvalue weighted by molar-refractivity contribution is 8.00. The van der Waals surface area contributed by atoms with Gasteiger partial charge in [-0.05, 0) is 44.5 Å². The summed E-state index contributed by atoms with van der Waals surface area (Å²) >= 11 is 1.18. The third-order valence-corrected chi connectivity index (χ3v) is 7.17. The number of nitrogens with zero attached hydrogens (tertiary/aromatic N) is 5. The number of carbonyl (C=O) groups excluding carboxylic acids is 1. The first kappa shape index (κ1) is 23.6. The van der Waals surface area contributed by atoms with Crippen molar-refractivity contribution in [3.05, 3.63) is 52.6 Å². The Morgan fingerprint density at radius 3 is 2.34 bits per heavy atom. The molecule has 1 atom stereocenters. The van der Waals surface area contributed by atoms with Crippen LogP contribution in [0.3, 0.4) is 0 Å². The van der Waals surface area contributed by atoms with E-state index in [4.69, 9.17) is 10.7 Å². The Morgan fingerprint density at radius 1 is 1.22 bits per heavy atom. The molecule has 0 aliphatic carbocycles. The van der Waals surface area contributed by atoms with Gasteiger partial charge in [0.05, 0.1) is 11.1 Å². The van der Waals surface area contributed by atoms with Crippen LogP contribution in [0.25, 0.3) is 0 Å². The third-order valence-electron chi connectivity index (χ3n) is 5.91. The number of nitriles is 2. The molecule has 166 valence electrons. The minimum Gasteiger partial charge on any atom is -0.368 e. The molecule has 0 saturated carbocycles. The lowest BCUT2D eigenvalue weighted by molar-refractivity contribution is -0.117. The molecule has 2 N–H and O–H groups in total. The molecule has 32 heavy (non-hydrogen) atoms. The molecule has 1 aromatic carbocycles. The average molecular weight is 449 g/mol. The molecule has 1 saturated heterocycles. The minimum atomic E-state index is -0.680. The maximum Gasteiger partial charge on any atom is 0.235 e. The summed E-state index contributed by atoms with van der Waals surface area (Å²) in [4.78, 5) is 21.4.